The smallest absolute Gasteiger partial charge is 0.260 e. The van der Waals surface area contributed by atoms with Gasteiger partial charge in [-0.2, -0.15) is 0 Å². The van der Waals surface area contributed by atoms with Crippen LogP contribution >= 0.6 is 11.6 Å². The van der Waals surface area contributed by atoms with Crippen LogP contribution in [0.5, 0.6) is 5.75 Å². The average molecular weight is 416 g/mol. The Hall–Kier alpha value is -2.57. The summed E-state index contributed by atoms with van der Waals surface area (Å²) in [6, 6.07) is 13.0. The molecule has 3 rings (SSSR count). The zero-order valence-corrected chi connectivity index (χ0v) is 17.5. The number of anilines is 1. The summed E-state index contributed by atoms with van der Waals surface area (Å²) in [5, 5.41) is 3.52. The molecule has 0 saturated heterocycles. The van der Waals surface area contributed by atoms with Crippen LogP contribution in [-0.4, -0.2) is 55.4 Å². The Bertz CT molecular complexity index is 868. The predicted molar refractivity (Wildman–Crippen MR) is 114 cm³/mol. The standard InChI is InChI=1S/C22H26ClN3O3/c1-25(2)11-12-26(14-16-3-6-18(23)7-4-16)22(28)15-29-19-8-9-20-17(13-19)5-10-21(27)24-20/h3-4,6-9,13H,5,10-12,14-15H2,1-2H3,(H,24,27). The van der Waals surface area contributed by atoms with Gasteiger partial charge in [-0.25, -0.2) is 0 Å². The van der Waals surface area contributed by atoms with E-state index in [-0.39, 0.29) is 18.4 Å². The van der Waals surface area contributed by atoms with Crippen LogP contribution in [0.15, 0.2) is 42.5 Å². The van der Waals surface area contributed by atoms with E-state index in [2.05, 4.69) is 5.32 Å². The molecule has 0 unspecified atom stereocenters. The number of nitrogens with zero attached hydrogens (tertiary/aromatic N) is 2. The molecule has 6 nitrogen and oxygen atoms in total. The molecule has 0 aliphatic carbocycles. The van der Waals surface area contributed by atoms with E-state index in [9.17, 15) is 9.59 Å². The van der Waals surface area contributed by atoms with Crippen LogP contribution in [0.2, 0.25) is 5.02 Å². The van der Waals surface area contributed by atoms with Crippen molar-refractivity contribution in [1.82, 2.24) is 9.80 Å². The lowest BCUT2D eigenvalue weighted by Gasteiger charge is -2.25. The Labute approximate surface area is 176 Å². The van der Waals surface area contributed by atoms with Gasteiger partial charge in [-0.3, -0.25) is 9.59 Å². The summed E-state index contributed by atoms with van der Waals surface area (Å²) in [6.45, 7) is 1.83. The van der Waals surface area contributed by atoms with Crippen LogP contribution in [0.4, 0.5) is 5.69 Å². The minimum Gasteiger partial charge on any atom is -0.484 e. The molecule has 7 heteroatoms. The maximum atomic E-state index is 12.8. The van der Waals surface area contributed by atoms with Crippen molar-refractivity contribution in [3.05, 3.63) is 58.6 Å². The molecule has 0 radical (unpaired) electrons. The minimum atomic E-state index is -0.0761. The fourth-order valence-corrected chi connectivity index (χ4v) is 3.23. The summed E-state index contributed by atoms with van der Waals surface area (Å²) < 4.78 is 5.77. The fourth-order valence-electron chi connectivity index (χ4n) is 3.11. The molecule has 2 aromatic rings. The highest BCUT2D eigenvalue weighted by molar-refractivity contribution is 6.30. The summed E-state index contributed by atoms with van der Waals surface area (Å²) in [7, 11) is 3.96. The number of hydrogen-bond donors (Lipinski definition) is 1. The minimum absolute atomic E-state index is 0.0279. The van der Waals surface area contributed by atoms with Gasteiger partial charge in [0.05, 0.1) is 0 Å². The number of benzene rings is 2. The molecular weight excluding hydrogens is 390 g/mol. The second kappa shape index (κ2) is 9.76. The quantitative estimate of drug-likeness (QED) is 0.719. The molecule has 0 saturated carbocycles. The number of likely N-dealkylation sites (N-methyl/N-ethyl adjacent to an activating group) is 1. The van der Waals surface area contributed by atoms with E-state index in [1.165, 1.54) is 0 Å². The summed E-state index contributed by atoms with van der Waals surface area (Å²) in [4.78, 5) is 28.1. The molecule has 2 aromatic carbocycles. The molecule has 1 aliphatic rings. The molecule has 1 N–H and O–H groups in total. The lowest BCUT2D eigenvalue weighted by Crippen LogP contribution is -2.39. The molecule has 0 spiro atoms. The maximum Gasteiger partial charge on any atom is 0.260 e. The summed E-state index contributed by atoms with van der Waals surface area (Å²) in [5.41, 5.74) is 2.86. The maximum absolute atomic E-state index is 12.8. The van der Waals surface area contributed by atoms with Crippen LogP contribution in [0.3, 0.4) is 0 Å². The predicted octanol–water partition coefficient (Wildman–Crippen LogP) is 3.19. The van der Waals surface area contributed by atoms with Gasteiger partial charge in [0.1, 0.15) is 5.75 Å². The van der Waals surface area contributed by atoms with Crippen molar-refractivity contribution in [2.45, 2.75) is 19.4 Å². The van der Waals surface area contributed by atoms with E-state index in [0.717, 1.165) is 23.4 Å². The Morgan fingerprint density at radius 1 is 1.10 bits per heavy atom. The molecule has 1 heterocycles. The number of carbonyl (C=O) groups is 2. The molecule has 0 aromatic heterocycles. The number of amides is 2. The molecule has 2 amide bonds. The van der Waals surface area contributed by atoms with Crippen molar-refractivity contribution < 1.29 is 14.3 Å². The first-order valence-corrected chi connectivity index (χ1v) is 10.0. The van der Waals surface area contributed by atoms with Gasteiger partial charge in [-0.1, -0.05) is 23.7 Å². The average Bonchev–Trinajstić information content (AvgIpc) is 2.70. The summed E-state index contributed by atoms with van der Waals surface area (Å²) in [6.07, 6.45) is 1.15. The zero-order valence-electron chi connectivity index (χ0n) is 16.8. The number of hydrogen-bond acceptors (Lipinski definition) is 4. The zero-order chi connectivity index (χ0) is 20.8. The Kier molecular flexibility index (Phi) is 7.12. The third-order valence-corrected chi connectivity index (χ3v) is 5.04. The van der Waals surface area contributed by atoms with Crippen LogP contribution < -0.4 is 10.1 Å². The van der Waals surface area contributed by atoms with Crippen molar-refractivity contribution in [2.24, 2.45) is 0 Å². The lowest BCUT2D eigenvalue weighted by molar-refractivity contribution is -0.134. The van der Waals surface area contributed by atoms with E-state index in [0.29, 0.717) is 36.7 Å². The van der Waals surface area contributed by atoms with Gasteiger partial charge in [0.15, 0.2) is 6.61 Å². The van der Waals surface area contributed by atoms with Gasteiger partial charge < -0.3 is 19.9 Å². The van der Waals surface area contributed by atoms with Gasteiger partial charge in [-0.05, 0) is 62.0 Å². The molecule has 29 heavy (non-hydrogen) atoms. The first-order valence-electron chi connectivity index (χ1n) is 9.63. The third-order valence-electron chi connectivity index (χ3n) is 4.79. The van der Waals surface area contributed by atoms with Gasteiger partial charge >= 0.3 is 0 Å². The molecular formula is C22H26ClN3O3. The highest BCUT2D eigenvalue weighted by Crippen LogP contribution is 2.26. The molecule has 0 atom stereocenters. The molecule has 1 aliphatic heterocycles. The number of halogens is 1. The Morgan fingerprint density at radius 3 is 2.59 bits per heavy atom. The topological polar surface area (TPSA) is 61.9 Å². The van der Waals surface area contributed by atoms with E-state index >= 15 is 0 Å². The van der Waals surface area contributed by atoms with E-state index < -0.39 is 0 Å². The number of ether oxygens (including phenoxy) is 1. The number of rotatable bonds is 8. The summed E-state index contributed by atoms with van der Waals surface area (Å²) in [5.74, 6) is 0.584. The van der Waals surface area contributed by atoms with E-state index in [4.69, 9.17) is 16.3 Å². The van der Waals surface area contributed by atoms with E-state index in [1.807, 2.05) is 55.4 Å². The van der Waals surface area contributed by atoms with Crippen molar-refractivity contribution in [3.8, 4) is 5.75 Å². The number of carbonyl (C=O) groups excluding carboxylic acids is 2. The highest BCUT2D eigenvalue weighted by atomic mass is 35.5. The van der Waals surface area contributed by atoms with Crippen molar-refractivity contribution in [2.75, 3.05) is 39.1 Å². The Morgan fingerprint density at radius 2 is 1.86 bits per heavy atom. The van der Waals surface area contributed by atoms with Crippen molar-refractivity contribution in [3.63, 3.8) is 0 Å². The van der Waals surface area contributed by atoms with Gasteiger partial charge in [0.2, 0.25) is 5.91 Å². The molecule has 0 bridgehead atoms. The van der Waals surface area contributed by atoms with Gasteiger partial charge in [-0.15, -0.1) is 0 Å². The number of nitrogens with one attached hydrogen (secondary N) is 1. The normalized spacial score (nSPS) is 13.0. The number of fused-ring (bicyclic) bond motifs is 1. The second-order valence-corrected chi connectivity index (χ2v) is 7.84. The van der Waals surface area contributed by atoms with Gasteiger partial charge in [0.25, 0.3) is 5.91 Å². The van der Waals surface area contributed by atoms with Gasteiger partial charge in [0, 0.05) is 36.8 Å². The highest BCUT2D eigenvalue weighted by Gasteiger charge is 2.17. The monoisotopic (exact) mass is 415 g/mol. The lowest BCUT2D eigenvalue weighted by atomic mass is 10.0. The fraction of sp³-hybridized carbons (Fsp3) is 0.364. The third kappa shape index (κ3) is 6.21. The summed E-state index contributed by atoms with van der Waals surface area (Å²) >= 11 is 5.96. The van der Waals surface area contributed by atoms with Crippen LogP contribution in [-0.2, 0) is 22.6 Å². The van der Waals surface area contributed by atoms with Crippen molar-refractivity contribution in [1.29, 1.82) is 0 Å². The largest absolute Gasteiger partial charge is 0.484 e. The van der Waals surface area contributed by atoms with Crippen LogP contribution in [0.1, 0.15) is 17.5 Å². The van der Waals surface area contributed by atoms with E-state index in [1.54, 1.807) is 11.0 Å². The number of aryl methyl sites for hydroxylation is 1. The SMILES string of the molecule is CN(C)CCN(Cc1ccc(Cl)cc1)C(=O)COc1ccc2c(c1)CCC(=O)N2. The van der Waals surface area contributed by atoms with Crippen LogP contribution in [0.25, 0.3) is 0 Å². The van der Waals surface area contributed by atoms with Crippen molar-refractivity contribution >= 4 is 29.1 Å². The molecule has 0 fully saturated rings. The first-order chi connectivity index (χ1) is 13.9. The second-order valence-electron chi connectivity index (χ2n) is 7.40. The van der Waals surface area contributed by atoms with Crippen LogP contribution in [0, 0.1) is 0 Å². The Balaban J connectivity index is 1.62. The first kappa shape index (κ1) is 21.1. The molecule has 154 valence electrons.